The number of carbonyl (C=O) groups is 1. The number of nitrogens with one attached hydrogen (secondary N) is 1. The lowest BCUT2D eigenvalue weighted by Crippen LogP contribution is -2.18. The van der Waals surface area contributed by atoms with Gasteiger partial charge in [0, 0.05) is 11.8 Å². The molecule has 0 bridgehead atoms. The fourth-order valence-electron chi connectivity index (χ4n) is 2.32. The first-order valence-corrected chi connectivity index (χ1v) is 7.36. The molecule has 1 heterocycles. The number of pyridine rings is 1. The zero-order chi connectivity index (χ0) is 17.6. The number of benzene rings is 2. The molecule has 1 N–H and O–H groups in total. The Labute approximate surface area is 142 Å². The molecule has 0 saturated heterocycles. The first kappa shape index (κ1) is 16.5. The predicted octanol–water partition coefficient (Wildman–Crippen LogP) is 3.60. The van der Waals surface area contributed by atoms with E-state index in [0.717, 1.165) is 5.39 Å². The molecule has 0 radical (unpaired) electrons. The number of amides is 1. The standard InChI is InChI=1S/C18H13F2N3O2/c19-18(20)25-16-9-8-12-5-1-2-6-13(12)14(16)11-22-23-17(24)15-7-3-4-10-21-15/h1-11,18H,(H,23,24)/b22-11-. The number of halogens is 2. The van der Waals surface area contributed by atoms with Gasteiger partial charge in [0.1, 0.15) is 11.4 Å². The highest BCUT2D eigenvalue weighted by Gasteiger charge is 2.12. The molecular formula is C18H13F2N3O2. The van der Waals surface area contributed by atoms with E-state index in [2.05, 4.69) is 20.2 Å². The van der Waals surface area contributed by atoms with Gasteiger partial charge in [-0.1, -0.05) is 36.4 Å². The Morgan fingerprint density at radius 1 is 1.12 bits per heavy atom. The summed E-state index contributed by atoms with van der Waals surface area (Å²) in [7, 11) is 0. The minimum atomic E-state index is -2.96. The number of nitrogens with zero attached hydrogens (tertiary/aromatic N) is 2. The minimum Gasteiger partial charge on any atom is -0.434 e. The number of carbonyl (C=O) groups excluding carboxylic acids is 1. The molecule has 1 amide bonds. The van der Waals surface area contributed by atoms with Crippen molar-refractivity contribution < 1.29 is 18.3 Å². The van der Waals surface area contributed by atoms with Crippen LogP contribution in [0.3, 0.4) is 0 Å². The van der Waals surface area contributed by atoms with Gasteiger partial charge in [-0.15, -0.1) is 0 Å². The number of fused-ring (bicyclic) bond motifs is 1. The molecule has 1 aromatic heterocycles. The summed E-state index contributed by atoms with van der Waals surface area (Å²) < 4.78 is 29.8. The molecule has 0 aliphatic carbocycles. The van der Waals surface area contributed by atoms with Crippen LogP contribution in [-0.2, 0) is 0 Å². The second-order valence-electron chi connectivity index (χ2n) is 4.99. The van der Waals surface area contributed by atoms with Gasteiger partial charge < -0.3 is 4.74 Å². The summed E-state index contributed by atoms with van der Waals surface area (Å²) in [6.45, 7) is -2.96. The number of ether oxygens (including phenoxy) is 1. The highest BCUT2D eigenvalue weighted by molar-refractivity contribution is 6.03. The van der Waals surface area contributed by atoms with E-state index in [9.17, 15) is 13.6 Å². The van der Waals surface area contributed by atoms with Gasteiger partial charge in [0.2, 0.25) is 0 Å². The number of rotatable bonds is 5. The lowest BCUT2D eigenvalue weighted by atomic mass is 10.0. The third kappa shape index (κ3) is 3.95. The maximum atomic E-state index is 12.6. The van der Waals surface area contributed by atoms with Crippen LogP contribution >= 0.6 is 0 Å². The third-order valence-electron chi connectivity index (χ3n) is 3.40. The lowest BCUT2D eigenvalue weighted by molar-refractivity contribution is -0.0498. The summed E-state index contributed by atoms with van der Waals surface area (Å²) in [5, 5.41) is 5.36. The summed E-state index contributed by atoms with van der Waals surface area (Å²) in [6.07, 6.45) is 2.76. The first-order chi connectivity index (χ1) is 12.1. The normalized spacial score (nSPS) is 11.2. The fourth-order valence-corrected chi connectivity index (χ4v) is 2.32. The molecule has 3 aromatic rings. The van der Waals surface area contributed by atoms with E-state index in [4.69, 9.17) is 0 Å². The molecule has 126 valence electrons. The summed E-state index contributed by atoms with van der Waals surface area (Å²) in [6, 6.07) is 15.2. The van der Waals surface area contributed by atoms with Crippen LogP contribution < -0.4 is 10.2 Å². The molecule has 7 heteroatoms. The third-order valence-corrected chi connectivity index (χ3v) is 3.40. The van der Waals surface area contributed by atoms with Crippen molar-refractivity contribution in [1.29, 1.82) is 0 Å². The zero-order valence-electron chi connectivity index (χ0n) is 12.9. The monoisotopic (exact) mass is 341 g/mol. The summed E-state index contributed by atoms with van der Waals surface area (Å²) in [5.41, 5.74) is 2.86. The largest absolute Gasteiger partial charge is 0.434 e. The van der Waals surface area contributed by atoms with Crippen molar-refractivity contribution in [1.82, 2.24) is 10.4 Å². The molecule has 5 nitrogen and oxygen atoms in total. The second kappa shape index (κ2) is 7.48. The van der Waals surface area contributed by atoms with E-state index in [1.165, 1.54) is 24.5 Å². The number of hydrazone groups is 1. The van der Waals surface area contributed by atoms with Crippen LogP contribution in [0.5, 0.6) is 5.75 Å². The Morgan fingerprint density at radius 2 is 1.92 bits per heavy atom. The Bertz CT molecular complexity index is 915. The van der Waals surface area contributed by atoms with Gasteiger partial charge in [0.25, 0.3) is 5.91 Å². The zero-order valence-corrected chi connectivity index (χ0v) is 12.9. The molecule has 0 unspecified atom stereocenters. The number of hydrogen-bond donors (Lipinski definition) is 1. The van der Waals surface area contributed by atoms with E-state index in [-0.39, 0.29) is 11.4 Å². The van der Waals surface area contributed by atoms with Crippen molar-refractivity contribution in [3.05, 3.63) is 72.1 Å². The maximum Gasteiger partial charge on any atom is 0.387 e. The molecule has 0 saturated carbocycles. The average Bonchev–Trinajstić information content (AvgIpc) is 2.63. The van der Waals surface area contributed by atoms with Crippen LogP contribution in [0.2, 0.25) is 0 Å². The number of hydrogen-bond acceptors (Lipinski definition) is 4. The molecule has 0 fully saturated rings. The predicted molar refractivity (Wildman–Crippen MR) is 89.9 cm³/mol. The van der Waals surface area contributed by atoms with Gasteiger partial charge in [-0.25, -0.2) is 5.43 Å². The van der Waals surface area contributed by atoms with E-state index >= 15 is 0 Å². The van der Waals surface area contributed by atoms with Gasteiger partial charge in [-0.2, -0.15) is 13.9 Å². The minimum absolute atomic E-state index is 0.0236. The van der Waals surface area contributed by atoms with Crippen molar-refractivity contribution in [2.75, 3.05) is 0 Å². The van der Waals surface area contributed by atoms with E-state index < -0.39 is 12.5 Å². The summed E-state index contributed by atoms with van der Waals surface area (Å²) in [4.78, 5) is 15.8. The Hall–Kier alpha value is -3.35. The maximum absolute atomic E-state index is 12.6. The van der Waals surface area contributed by atoms with Gasteiger partial charge >= 0.3 is 6.61 Å². The number of aromatic nitrogens is 1. The van der Waals surface area contributed by atoms with Crippen LogP contribution in [0.15, 0.2) is 65.9 Å². The highest BCUT2D eigenvalue weighted by atomic mass is 19.3. The Balaban J connectivity index is 1.89. The van der Waals surface area contributed by atoms with Crippen LogP contribution in [0, 0.1) is 0 Å². The van der Waals surface area contributed by atoms with E-state index in [1.807, 2.05) is 12.1 Å². The van der Waals surface area contributed by atoms with Crippen molar-refractivity contribution in [3.8, 4) is 5.75 Å². The average molecular weight is 341 g/mol. The van der Waals surface area contributed by atoms with Crippen molar-refractivity contribution in [2.24, 2.45) is 5.10 Å². The Kier molecular flexibility index (Phi) is 4.94. The van der Waals surface area contributed by atoms with Crippen LogP contribution in [-0.4, -0.2) is 23.7 Å². The van der Waals surface area contributed by atoms with Crippen LogP contribution in [0.25, 0.3) is 10.8 Å². The molecule has 0 spiro atoms. The van der Waals surface area contributed by atoms with Gasteiger partial charge in [0.05, 0.1) is 6.21 Å². The quantitative estimate of drug-likeness (QED) is 0.570. The molecule has 0 aliphatic rings. The topological polar surface area (TPSA) is 63.6 Å². The molecule has 2 aromatic carbocycles. The van der Waals surface area contributed by atoms with Gasteiger partial charge in [-0.05, 0) is 29.0 Å². The molecule has 0 aliphatic heterocycles. The summed E-state index contributed by atoms with van der Waals surface area (Å²) in [5.74, 6) is -0.530. The summed E-state index contributed by atoms with van der Waals surface area (Å²) >= 11 is 0. The van der Waals surface area contributed by atoms with Crippen LogP contribution in [0.1, 0.15) is 16.1 Å². The SMILES string of the molecule is O=C(N/N=C\c1c(OC(F)F)ccc2ccccc12)c1ccccn1. The van der Waals surface area contributed by atoms with E-state index in [0.29, 0.717) is 10.9 Å². The van der Waals surface area contributed by atoms with E-state index in [1.54, 1.807) is 30.3 Å². The smallest absolute Gasteiger partial charge is 0.387 e. The first-order valence-electron chi connectivity index (χ1n) is 7.36. The lowest BCUT2D eigenvalue weighted by Gasteiger charge is -2.10. The number of alkyl halides is 2. The van der Waals surface area contributed by atoms with Gasteiger partial charge in [-0.3, -0.25) is 9.78 Å². The molecule has 3 rings (SSSR count). The van der Waals surface area contributed by atoms with Gasteiger partial charge in [0.15, 0.2) is 0 Å². The molecular weight excluding hydrogens is 328 g/mol. The van der Waals surface area contributed by atoms with Crippen molar-refractivity contribution in [2.45, 2.75) is 6.61 Å². The molecule has 25 heavy (non-hydrogen) atoms. The van der Waals surface area contributed by atoms with Crippen molar-refractivity contribution >= 4 is 22.9 Å². The highest BCUT2D eigenvalue weighted by Crippen LogP contribution is 2.27. The van der Waals surface area contributed by atoms with Crippen LogP contribution in [0.4, 0.5) is 8.78 Å². The fraction of sp³-hybridized carbons (Fsp3) is 0.0556. The second-order valence-corrected chi connectivity index (χ2v) is 4.99. The Morgan fingerprint density at radius 3 is 2.68 bits per heavy atom. The van der Waals surface area contributed by atoms with Crippen molar-refractivity contribution in [3.63, 3.8) is 0 Å². The molecule has 0 atom stereocenters.